The van der Waals surface area contributed by atoms with E-state index in [-0.39, 0.29) is 0 Å². The monoisotopic (exact) mass is 430 g/mol. The lowest BCUT2D eigenvalue weighted by molar-refractivity contribution is 0.355. The first kappa shape index (κ1) is 19.1. The number of methoxy groups -OCH3 is 2. The standard InChI is InChI=1S/C19H16Cl2N6O2/c1-28-13-6-3-10(9-14(13)29-2)23-19-22-8-7-15(25-19)24-18-16-12(26-27-18)5-4-11(20)17(16)21/h3-9H,1-2H3,(H3,22,23,24,25,26,27). The Kier molecular flexibility index (Phi) is 5.28. The fraction of sp³-hybridized carbons (Fsp3) is 0.105. The molecule has 0 spiro atoms. The number of aromatic nitrogens is 4. The molecule has 0 aliphatic heterocycles. The number of fused-ring (bicyclic) bond motifs is 1. The third-order valence-electron chi connectivity index (χ3n) is 4.16. The number of nitrogens with one attached hydrogen (secondary N) is 3. The molecule has 148 valence electrons. The molecule has 0 bridgehead atoms. The molecule has 0 unspecified atom stereocenters. The second-order valence-corrected chi connectivity index (χ2v) is 6.73. The van der Waals surface area contributed by atoms with Crippen LogP contribution >= 0.6 is 23.2 Å². The summed E-state index contributed by atoms with van der Waals surface area (Å²) in [5.41, 5.74) is 1.51. The molecule has 0 aliphatic carbocycles. The van der Waals surface area contributed by atoms with Crippen LogP contribution in [0.15, 0.2) is 42.6 Å². The predicted molar refractivity (Wildman–Crippen MR) is 114 cm³/mol. The Bertz CT molecular complexity index is 1180. The molecular formula is C19H16Cl2N6O2. The van der Waals surface area contributed by atoms with Crippen molar-refractivity contribution >= 4 is 57.4 Å². The largest absolute Gasteiger partial charge is 0.493 e. The van der Waals surface area contributed by atoms with Crippen LogP contribution in [0.4, 0.5) is 23.3 Å². The number of hydrogen-bond acceptors (Lipinski definition) is 7. The fourth-order valence-electron chi connectivity index (χ4n) is 2.79. The topological polar surface area (TPSA) is 97.0 Å². The van der Waals surface area contributed by atoms with Crippen molar-refractivity contribution in [3.8, 4) is 11.5 Å². The summed E-state index contributed by atoms with van der Waals surface area (Å²) in [5, 5.41) is 15.0. The molecule has 0 radical (unpaired) electrons. The molecule has 0 saturated heterocycles. The van der Waals surface area contributed by atoms with Crippen LogP contribution in [0, 0.1) is 0 Å². The first-order valence-electron chi connectivity index (χ1n) is 8.50. The van der Waals surface area contributed by atoms with Gasteiger partial charge in [-0.25, -0.2) is 4.98 Å². The predicted octanol–water partition coefficient (Wildman–Crippen LogP) is 5.16. The lowest BCUT2D eigenvalue weighted by Crippen LogP contribution is -2.01. The van der Waals surface area contributed by atoms with Gasteiger partial charge in [-0.15, -0.1) is 0 Å². The van der Waals surface area contributed by atoms with Crippen LogP contribution < -0.4 is 20.1 Å². The molecule has 0 amide bonds. The van der Waals surface area contributed by atoms with Crippen LogP contribution in [0.3, 0.4) is 0 Å². The third kappa shape index (κ3) is 3.85. The van der Waals surface area contributed by atoms with Crippen molar-refractivity contribution in [1.82, 2.24) is 20.2 Å². The lowest BCUT2D eigenvalue weighted by Gasteiger charge is -2.11. The SMILES string of the molecule is COc1ccc(Nc2nccc(Nc3n[nH]c4ccc(Cl)c(Cl)c34)n2)cc1OC. The third-order valence-corrected chi connectivity index (χ3v) is 4.97. The molecule has 0 saturated carbocycles. The van der Waals surface area contributed by atoms with Gasteiger partial charge in [0, 0.05) is 18.0 Å². The number of ether oxygens (including phenoxy) is 2. The molecule has 8 nitrogen and oxygen atoms in total. The molecule has 2 aromatic carbocycles. The van der Waals surface area contributed by atoms with Crippen molar-refractivity contribution < 1.29 is 9.47 Å². The van der Waals surface area contributed by atoms with Gasteiger partial charge < -0.3 is 20.1 Å². The van der Waals surface area contributed by atoms with Gasteiger partial charge in [-0.2, -0.15) is 10.1 Å². The molecule has 29 heavy (non-hydrogen) atoms. The number of nitrogens with zero attached hydrogens (tertiary/aromatic N) is 3. The van der Waals surface area contributed by atoms with Crippen LogP contribution in [-0.4, -0.2) is 34.4 Å². The molecule has 0 atom stereocenters. The van der Waals surface area contributed by atoms with Crippen molar-refractivity contribution in [3.05, 3.63) is 52.6 Å². The Morgan fingerprint density at radius 1 is 0.966 bits per heavy atom. The highest BCUT2D eigenvalue weighted by atomic mass is 35.5. The van der Waals surface area contributed by atoms with E-state index < -0.39 is 0 Å². The van der Waals surface area contributed by atoms with Crippen LogP contribution in [-0.2, 0) is 0 Å². The molecule has 10 heteroatoms. The summed E-state index contributed by atoms with van der Waals surface area (Å²) in [5.74, 6) is 2.68. The minimum absolute atomic E-state index is 0.395. The fourth-order valence-corrected chi connectivity index (χ4v) is 3.20. The maximum Gasteiger partial charge on any atom is 0.229 e. The van der Waals surface area contributed by atoms with Gasteiger partial charge in [0.2, 0.25) is 5.95 Å². The van der Waals surface area contributed by atoms with Crippen molar-refractivity contribution in [2.45, 2.75) is 0 Å². The van der Waals surface area contributed by atoms with E-state index in [2.05, 4.69) is 30.8 Å². The van der Waals surface area contributed by atoms with Gasteiger partial charge in [0.25, 0.3) is 0 Å². The van der Waals surface area contributed by atoms with Gasteiger partial charge in [-0.05, 0) is 30.3 Å². The normalized spacial score (nSPS) is 10.8. The average molecular weight is 431 g/mol. The lowest BCUT2D eigenvalue weighted by atomic mass is 10.2. The summed E-state index contributed by atoms with van der Waals surface area (Å²) in [6, 6.07) is 10.7. The number of rotatable bonds is 6. The molecule has 2 heterocycles. The number of aromatic amines is 1. The Morgan fingerprint density at radius 3 is 2.59 bits per heavy atom. The molecule has 0 fully saturated rings. The van der Waals surface area contributed by atoms with E-state index in [4.69, 9.17) is 32.7 Å². The molecule has 3 N–H and O–H groups in total. The molecule has 4 rings (SSSR count). The number of halogens is 2. The highest BCUT2D eigenvalue weighted by molar-refractivity contribution is 6.45. The van der Waals surface area contributed by atoms with Crippen LogP contribution in [0.25, 0.3) is 10.9 Å². The summed E-state index contributed by atoms with van der Waals surface area (Å²) in [6.07, 6.45) is 1.63. The van der Waals surface area contributed by atoms with Crippen LogP contribution in [0.2, 0.25) is 10.0 Å². The van der Waals surface area contributed by atoms with E-state index in [1.165, 1.54) is 0 Å². The number of benzene rings is 2. The summed E-state index contributed by atoms with van der Waals surface area (Å²) in [7, 11) is 3.16. The Morgan fingerprint density at radius 2 is 1.79 bits per heavy atom. The van der Waals surface area contributed by atoms with Gasteiger partial charge in [0.15, 0.2) is 17.3 Å². The van der Waals surface area contributed by atoms with Crippen molar-refractivity contribution in [2.75, 3.05) is 24.9 Å². The second-order valence-electron chi connectivity index (χ2n) is 5.94. The summed E-state index contributed by atoms with van der Waals surface area (Å²) < 4.78 is 10.6. The van der Waals surface area contributed by atoms with E-state index in [0.29, 0.717) is 44.5 Å². The molecule has 2 aromatic heterocycles. The van der Waals surface area contributed by atoms with E-state index in [0.717, 1.165) is 11.2 Å². The Hall–Kier alpha value is -3.23. The van der Waals surface area contributed by atoms with E-state index in [1.54, 1.807) is 44.7 Å². The summed E-state index contributed by atoms with van der Waals surface area (Å²) in [4.78, 5) is 8.71. The van der Waals surface area contributed by atoms with Crippen molar-refractivity contribution in [3.63, 3.8) is 0 Å². The zero-order valence-corrected chi connectivity index (χ0v) is 17.0. The minimum Gasteiger partial charge on any atom is -0.493 e. The minimum atomic E-state index is 0.395. The van der Waals surface area contributed by atoms with Gasteiger partial charge in [0.05, 0.1) is 35.2 Å². The molecule has 4 aromatic rings. The number of H-pyrrole nitrogens is 1. The Labute approximate surface area is 176 Å². The zero-order valence-electron chi connectivity index (χ0n) is 15.5. The quantitative estimate of drug-likeness (QED) is 0.388. The van der Waals surface area contributed by atoms with Gasteiger partial charge in [-0.3, -0.25) is 5.10 Å². The maximum absolute atomic E-state index is 6.33. The summed E-state index contributed by atoms with van der Waals surface area (Å²) in [6.45, 7) is 0. The van der Waals surface area contributed by atoms with Crippen LogP contribution in [0.1, 0.15) is 0 Å². The first-order valence-corrected chi connectivity index (χ1v) is 9.26. The van der Waals surface area contributed by atoms with E-state index in [1.807, 2.05) is 12.1 Å². The number of anilines is 4. The first-order chi connectivity index (χ1) is 14.1. The van der Waals surface area contributed by atoms with E-state index >= 15 is 0 Å². The van der Waals surface area contributed by atoms with Crippen molar-refractivity contribution in [2.24, 2.45) is 0 Å². The van der Waals surface area contributed by atoms with Gasteiger partial charge in [0.1, 0.15) is 5.82 Å². The summed E-state index contributed by atoms with van der Waals surface area (Å²) >= 11 is 12.5. The number of hydrogen-bond donors (Lipinski definition) is 3. The maximum atomic E-state index is 6.33. The average Bonchev–Trinajstić information content (AvgIpc) is 3.14. The van der Waals surface area contributed by atoms with Gasteiger partial charge in [-0.1, -0.05) is 23.2 Å². The highest BCUT2D eigenvalue weighted by Crippen LogP contribution is 2.35. The Balaban J connectivity index is 1.59. The van der Waals surface area contributed by atoms with E-state index in [9.17, 15) is 0 Å². The molecular weight excluding hydrogens is 415 g/mol. The second kappa shape index (κ2) is 8.02. The van der Waals surface area contributed by atoms with Crippen LogP contribution in [0.5, 0.6) is 11.5 Å². The van der Waals surface area contributed by atoms with Gasteiger partial charge >= 0.3 is 0 Å². The highest BCUT2D eigenvalue weighted by Gasteiger charge is 2.13. The zero-order chi connectivity index (χ0) is 20.4. The molecule has 0 aliphatic rings. The smallest absolute Gasteiger partial charge is 0.229 e. The van der Waals surface area contributed by atoms with Crippen molar-refractivity contribution in [1.29, 1.82) is 0 Å².